The minimum absolute atomic E-state index is 0.267. The topological polar surface area (TPSA) is 12.0 Å². The summed E-state index contributed by atoms with van der Waals surface area (Å²) < 4.78 is 0. The summed E-state index contributed by atoms with van der Waals surface area (Å²) in [4.78, 5) is 1.46. The van der Waals surface area contributed by atoms with Gasteiger partial charge in [-0.25, -0.2) is 0 Å². The predicted molar refractivity (Wildman–Crippen MR) is 92.1 cm³/mol. The third-order valence-corrected chi connectivity index (χ3v) is 5.88. The zero-order chi connectivity index (χ0) is 14.7. The van der Waals surface area contributed by atoms with Crippen LogP contribution in [0.15, 0.2) is 41.8 Å². The number of thiophene rings is 1. The lowest BCUT2D eigenvalue weighted by Crippen LogP contribution is -2.40. The smallest absolute Gasteiger partial charge is 0.0429 e. The fourth-order valence-corrected chi connectivity index (χ4v) is 4.76. The van der Waals surface area contributed by atoms with Gasteiger partial charge in [-0.2, -0.15) is 0 Å². The van der Waals surface area contributed by atoms with E-state index in [0.29, 0.717) is 6.04 Å². The molecule has 1 N–H and O–H groups in total. The van der Waals surface area contributed by atoms with Crippen molar-refractivity contribution in [1.29, 1.82) is 0 Å². The van der Waals surface area contributed by atoms with Gasteiger partial charge in [-0.3, -0.25) is 0 Å². The molecule has 1 nitrogen and oxygen atoms in total. The van der Waals surface area contributed by atoms with E-state index in [1.54, 1.807) is 0 Å². The first kappa shape index (κ1) is 14.8. The molecule has 21 heavy (non-hydrogen) atoms. The predicted octanol–water partition coefficient (Wildman–Crippen LogP) is 5.22. The lowest BCUT2D eigenvalue weighted by molar-refractivity contribution is 0.304. The van der Waals surface area contributed by atoms with E-state index < -0.39 is 0 Å². The monoisotopic (exact) mass is 299 g/mol. The van der Waals surface area contributed by atoms with Gasteiger partial charge in [0.05, 0.1) is 0 Å². The van der Waals surface area contributed by atoms with Crippen LogP contribution in [-0.2, 0) is 5.41 Å². The molecule has 1 aliphatic rings. The van der Waals surface area contributed by atoms with Crippen LogP contribution >= 0.6 is 11.3 Å². The number of likely N-dealkylation sites (N-methyl/N-ethyl adjacent to an activating group) is 1. The van der Waals surface area contributed by atoms with Crippen molar-refractivity contribution >= 4 is 11.3 Å². The number of benzene rings is 1. The molecule has 2 aromatic rings. The van der Waals surface area contributed by atoms with Gasteiger partial charge in [0, 0.05) is 16.3 Å². The molecule has 1 saturated carbocycles. The standard InChI is InChI=1S/C19H25NS/c1-3-20-18(17-11-14-21-15(17)2)19(12-7-8-13-19)16-9-5-4-6-10-16/h4-6,9-11,14,18,20H,3,7-8,12-13H2,1-2H3. The van der Waals surface area contributed by atoms with Crippen molar-refractivity contribution in [2.45, 2.75) is 51.0 Å². The van der Waals surface area contributed by atoms with Gasteiger partial charge in [-0.15, -0.1) is 11.3 Å². The van der Waals surface area contributed by atoms with E-state index in [4.69, 9.17) is 0 Å². The minimum atomic E-state index is 0.267. The van der Waals surface area contributed by atoms with Crippen LogP contribution < -0.4 is 5.32 Å². The lowest BCUT2D eigenvalue weighted by atomic mass is 9.70. The van der Waals surface area contributed by atoms with Crippen molar-refractivity contribution in [2.75, 3.05) is 6.54 Å². The molecule has 2 heteroatoms. The second-order valence-corrected chi connectivity index (χ2v) is 7.27. The third-order valence-electron chi connectivity index (χ3n) is 5.02. The van der Waals surface area contributed by atoms with Crippen LogP contribution in [0.4, 0.5) is 0 Å². The van der Waals surface area contributed by atoms with Gasteiger partial charge in [-0.05, 0) is 48.9 Å². The van der Waals surface area contributed by atoms with Gasteiger partial charge < -0.3 is 5.32 Å². The van der Waals surface area contributed by atoms with Crippen LogP contribution in [0.1, 0.15) is 54.7 Å². The molecule has 1 atom stereocenters. The molecule has 0 bridgehead atoms. The highest BCUT2D eigenvalue weighted by Crippen LogP contribution is 2.50. The molecule has 0 spiro atoms. The molecule has 0 amide bonds. The summed E-state index contributed by atoms with van der Waals surface area (Å²) in [7, 11) is 0. The fourth-order valence-electron chi connectivity index (χ4n) is 4.02. The Kier molecular flexibility index (Phi) is 4.46. The molecule has 1 heterocycles. The van der Waals surface area contributed by atoms with Crippen molar-refractivity contribution in [3.63, 3.8) is 0 Å². The first-order valence-corrected chi connectivity index (χ1v) is 8.99. The van der Waals surface area contributed by atoms with Crippen LogP contribution in [0.25, 0.3) is 0 Å². The average Bonchev–Trinajstić information content (AvgIpc) is 3.16. The summed E-state index contributed by atoms with van der Waals surface area (Å²) >= 11 is 1.87. The summed E-state index contributed by atoms with van der Waals surface area (Å²) in [6, 6.07) is 14.0. The number of hydrogen-bond acceptors (Lipinski definition) is 2. The van der Waals surface area contributed by atoms with E-state index in [1.165, 1.54) is 41.7 Å². The number of nitrogens with one attached hydrogen (secondary N) is 1. The Balaban J connectivity index is 2.07. The van der Waals surface area contributed by atoms with Gasteiger partial charge >= 0.3 is 0 Å². The van der Waals surface area contributed by atoms with E-state index in [2.05, 4.69) is 60.9 Å². The minimum Gasteiger partial charge on any atom is -0.309 e. The zero-order valence-corrected chi connectivity index (χ0v) is 13.9. The quantitative estimate of drug-likeness (QED) is 0.798. The van der Waals surface area contributed by atoms with Gasteiger partial charge in [0.25, 0.3) is 0 Å². The van der Waals surface area contributed by atoms with E-state index in [1.807, 2.05) is 11.3 Å². The third kappa shape index (κ3) is 2.67. The van der Waals surface area contributed by atoms with Crippen molar-refractivity contribution in [2.24, 2.45) is 0 Å². The number of rotatable bonds is 5. The van der Waals surface area contributed by atoms with E-state index in [9.17, 15) is 0 Å². The average molecular weight is 299 g/mol. The largest absolute Gasteiger partial charge is 0.309 e. The Hall–Kier alpha value is -1.12. The second-order valence-electron chi connectivity index (χ2n) is 6.15. The van der Waals surface area contributed by atoms with Gasteiger partial charge in [0.2, 0.25) is 0 Å². The molecule has 1 aromatic heterocycles. The van der Waals surface area contributed by atoms with Crippen LogP contribution in [0, 0.1) is 6.92 Å². The Morgan fingerprint density at radius 1 is 1.14 bits per heavy atom. The second kappa shape index (κ2) is 6.33. The van der Waals surface area contributed by atoms with Gasteiger partial charge in [0.15, 0.2) is 0 Å². The molecule has 0 aliphatic heterocycles. The molecule has 1 aromatic carbocycles. The number of aryl methyl sites for hydroxylation is 1. The summed E-state index contributed by atoms with van der Waals surface area (Å²) in [5.74, 6) is 0. The van der Waals surface area contributed by atoms with E-state index >= 15 is 0 Å². The molecule has 1 unspecified atom stereocenters. The molecular formula is C19H25NS. The highest BCUT2D eigenvalue weighted by Gasteiger charge is 2.43. The van der Waals surface area contributed by atoms with E-state index in [0.717, 1.165) is 6.54 Å². The van der Waals surface area contributed by atoms with E-state index in [-0.39, 0.29) is 5.41 Å². The summed E-state index contributed by atoms with van der Waals surface area (Å²) in [5, 5.41) is 6.05. The van der Waals surface area contributed by atoms with Crippen LogP contribution in [0.2, 0.25) is 0 Å². The van der Waals surface area contributed by atoms with Crippen molar-refractivity contribution in [3.05, 3.63) is 57.8 Å². The Morgan fingerprint density at radius 3 is 2.43 bits per heavy atom. The van der Waals surface area contributed by atoms with Gasteiger partial charge in [-0.1, -0.05) is 50.1 Å². The Morgan fingerprint density at radius 2 is 1.86 bits per heavy atom. The first-order chi connectivity index (χ1) is 10.3. The first-order valence-electron chi connectivity index (χ1n) is 8.11. The zero-order valence-electron chi connectivity index (χ0n) is 13.1. The molecular weight excluding hydrogens is 274 g/mol. The fraction of sp³-hybridized carbons (Fsp3) is 0.474. The normalized spacial score (nSPS) is 18.8. The van der Waals surface area contributed by atoms with Crippen molar-refractivity contribution < 1.29 is 0 Å². The molecule has 112 valence electrons. The van der Waals surface area contributed by atoms with Gasteiger partial charge in [0.1, 0.15) is 0 Å². The number of hydrogen-bond donors (Lipinski definition) is 1. The molecule has 1 fully saturated rings. The Labute approximate surface area is 132 Å². The Bertz CT molecular complexity index is 566. The molecule has 1 aliphatic carbocycles. The van der Waals surface area contributed by atoms with Crippen molar-refractivity contribution in [3.8, 4) is 0 Å². The lowest BCUT2D eigenvalue weighted by Gasteiger charge is -2.39. The molecule has 0 saturated heterocycles. The van der Waals surface area contributed by atoms with Crippen LogP contribution in [-0.4, -0.2) is 6.54 Å². The highest BCUT2D eigenvalue weighted by molar-refractivity contribution is 7.10. The molecule has 3 rings (SSSR count). The maximum Gasteiger partial charge on any atom is 0.0429 e. The summed E-state index contributed by atoms with van der Waals surface area (Å²) in [5.41, 5.74) is 3.29. The summed E-state index contributed by atoms with van der Waals surface area (Å²) in [6.07, 6.45) is 5.29. The van der Waals surface area contributed by atoms with Crippen molar-refractivity contribution in [1.82, 2.24) is 5.32 Å². The van der Waals surface area contributed by atoms with Crippen LogP contribution in [0.3, 0.4) is 0 Å². The summed E-state index contributed by atoms with van der Waals surface area (Å²) in [6.45, 7) is 5.51. The van der Waals surface area contributed by atoms with Crippen LogP contribution in [0.5, 0.6) is 0 Å². The molecule has 0 radical (unpaired) electrons. The maximum atomic E-state index is 3.81. The SMILES string of the molecule is CCNC(c1ccsc1C)C1(c2ccccc2)CCCC1. The maximum absolute atomic E-state index is 3.81. The highest BCUT2D eigenvalue weighted by atomic mass is 32.1.